The van der Waals surface area contributed by atoms with Gasteiger partial charge in [-0.25, -0.2) is 9.59 Å². The zero-order chi connectivity index (χ0) is 17.9. The molecular weight excluding hydrogens is 316 g/mol. The Labute approximate surface area is 138 Å². The summed E-state index contributed by atoms with van der Waals surface area (Å²) in [4.78, 5) is 24.2. The summed E-state index contributed by atoms with van der Waals surface area (Å²) in [6, 6.07) is 0. The molecule has 0 radical (unpaired) electrons. The fourth-order valence-electron chi connectivity index (χ4n) is 1.70. The van der Waals surface area contributed by atoms with E-state index in [9.17, 15) is 0 Å². The molecular formula is C15H16N4O5. The first-order valence-corrected chi connectivity index (χ1v) is 6.81. The number of terminal acetylenes is 2. The zero-order valence-electron chi connectivity index (χ0n) is 12.7. The summed E-state index contributed by atoms with van der Waals surface area (Å²) in [6.45, 7) is 2.44. The van der Waals surface area contributed by atoms with Crippen molar-refractivity contribution in [1.29, 1.82) is 0 Å². The molecule has 2 heterocycles. The van der Waals surface area contributed by atoms with Crippen molar-refractivity contribution in [3.8, 4) is 24.7 Å². The van der Waals surface area contributed by atoms with E-state index in [2.05, 4.69) is 33.4 Å². The van der Waals surface area contributed by atoms with Crippen LogP contribution in [0.2, 0.25) is 0 Å². The summed E-state index contributed by atoms with van der Waals surface area (Å²) >= 11 is 0. The van der Waals surface area contributed by atoms with Crippen LogP contribution in [0.15, 0.2) is 10.6 Å². The van der Waals surface area contributed by atoms with Crippen molar-refractivity contribution in [3.63, 3.8) is 0 Å². The van der Waals surface area contributed by atoms with Crippen LogP contribution in [0.25, 0.3) is 5.57 Å². The van der Waals surface area contributed by atoms with Crippen molar-refractivity contribution in [2.45, 2.75) is 6.42 Å². The van der Waals surface area contributed by atoms with Gasteiger partial charge >= 0.3 is 11.9 Å². The van der Waals surface area contributed by atoms with E-state index in [0.717, 1.165) is 25.1 Å². The van der Waals surface area contributed by atoms with Gasteiger partial charge in [0.1, 0.15) is 0 Å². The van der Waals surface area contributed by atoms with E-state index in [0.29, 0.717) is 24.9 Å². The van der Waals surface area contributed by atoms with Crippen LogP contribution in [-0.2, 0) is 9.59 Å². The first kappa shape index (κ1) is 18.7. The van der Waals surface area contributed by atoms with Gasteiger partial charge in [-0.2, -0.15) is 4.98 Å². The minimum atomic E-state index is -1.82. The molecule has 3 N–H and O–H groups in total. The van der Waals surface area contributed by atoms with Crippen molar-refractivity contribution in [3.05, 3.63) is 12.0 Å². The predicted molar refractivity (Wildman–Crippen MR) is 84.9 cm³/mol. The van der Waals surface area contributed by atoms with Gasteiger partial charge in [0.15, 0.2) is 0 Å². The third-order valence-electron chi connectivity index (χ3n) is 2.75. The highest BCUT2D eigenvalue weighted by atomic mass is 16.5. The van der Waals surface area contributed by atoms with Gasteiger partial charge in [-0.1, -0.05) is 17.9 Å². The third kappa shape index (κ3) is 5.83. The summed E-state index contributed by atoms with van der Waals surface area (Å²) in [6.07, 6.45) is 13.6. The Morgan fingerprint density at radius 2 is 1.92 bits per heavy atom. The number of nitrogens with zero attached hydrogens (tertiary/aromatic N) is 3. The lowest BCUT2D eigenvalue weighted by molar-refractivity contribution is -0.159. The average Bonchev–Trinajstić information content (AvgIpc) is 3.06. The van der Waals surface area contributed by atoms with Crippen LogP contribution in [0.1, 0.15) is 12.3 Å². The number of anilines is 1. The molecule has 0 saturated carbocycles. The first-order valence-electron chi connectivity index (χ1n) is 6.81. The number of carboxylic acid groups (broad SMARTS) is 2. The fourth-order valence-corrected chi connectivity index (χ4v) is 1.70. The van der Waals surface area contributed by atoms with Gasteiger partial charge in [-0.15, -0.1) is 12.8 Å². The minimum Gasteiger partial charge on any atom is -0.473 e. The number of hydrogen-bond donors (Lipinski definition) is 3. The van der Waals surface area contributed by atoms with Crippen LogP contribution in [0.3, 0.4) is 0 Å². The second-order valence-electron chi connectivity index (χ2n) is 4.47. The lowest BCUT2D eigenvalue weighted by Crippen LogP contribution is -2.25. The van der Waals surface area contributed by atoms with E-state index in [4.69, 9.17) is 37.2 Å². The molecule has 1 aromatic heterocycles. The van der Waals surface area contributed by atoms with Crippen LogP contribution in [0.4, 0.5) is 5.95 Å². The molecule has 0 amide bonds. The normalized spacial score (nSPS) is 12.7. The number of nitrogens with one attached hydrogen (secondary N) is 1. The summed E-state index contributed by atoms with van der Waals surface area (Å²) in [5.41, 5.74) is 1.02. The molecule has 9 heteroatoms. The van der Waals surface area contributed by atoms with Gasteiger partial charge < -0.3 is 25.0 Å². The quantitative estimate of drug-likeness (QED) is 0.501. The molecule has 0 fully saturated rings. The standard InChI is InChI=1S/C13H14N4O.C2H2O4/c1-3-8-17(9-4-2)13-15-12(18-16-13)11-6-5-7-14-10-11;3-1(4)2(5)6/h1-2,6,14H,5,7-10H2;(H,3,4)(H,5,6). The third-order valence-corrected chi connectivity index (χ3v) is 2.75. The highest BCUT2D eigenvalue weighted by Gasteiger charge is 2.16. The molecule has 2 rings (SSSR count). The lowest BCUT2D eigenvalue weighted by Gasteiger charge is -2.13. The summed E-state index contributed by atoms with van der Waals surface area (Å²) < 4.78 is 5.23. The maximum absolute atomic E-state index is 9.10. The molecule has 0 aromatic carbocycles. The van der Waals surface area contributed by atoms with Gasteiger partial charge in [0.05, 0.1) is 13.1 Å². The van der Waals surface area contributed by atoms with E-state index >= 15 is 0 Å². The van der Waals surface area contributed by atoms with Crippen LogP contribution < -0.4 is 10.2 Å². The molecule has 1 aromatic rings. The van der Waals surface area contributed by atoms with E-state index in [-0.39, 0.29) is 0 Å². The SMILES string of the molecule is C#CCN(CC#C)c1noc(C2=CCCNC2)n1.O=C(O)C(=O)O. The van der Waals surface area contributed by atoms with Crippen molar-refractivity contribution in [2.75, 3.05) is 31.1 Å². The second-order valence-corrected chi connectivity index (χ2v) is 4.47. The van der Waals surface area contributed by atoms with Gasteiger partial charge in [0, 0.05) is 12.1 Å². The maximum Gasteiger partial charge on any atom is 0.414 e. The summed E-state index contributed by atoms with van der Waals surface area (Å²) in [5, 5.41) is 21.9. The number of hydrogen-bond acceptors (Lipinski definition) is 7. The van der Waals surface area contributed by atoms with E-state index < -0.39 is 11.9 Å². The molecule has 1 aliphatic heterocycles. The van der Waals surface area contributed by atoms with Crippen LogP contribution in [0.5, 0.6) is 0 Å². The highest BCUT2D eigenvalue weighted by Crippen LogP contribution is 2.17. The number of aliphatic carboxylic acids is 2. The van der Waals surface area contributed by atoms with Crippen LogP contribution in [-0.4, -0.2) is 58.5 Å². The molecule has 9 nitrogen and oxygen atoms in total. The molecule has 0 spiro atoms. The van der Waals surface area contributed by atoms with Gasteiger partial charge in [0.25, 0.3) is 11.8 Å². The molecule has 1 aliphatic rings. The average molecular weight is 332 g/mol. The Morgan fingerprint density at radius 1 is 1.29 bits per heavy atom. The largest absolute Gasteiger partial charge is 0.473 e. The van der Waals surface area contributed by atoms with Crippen molar-refractivity contribution in [2.24, 2.45) is 0 Å². The molecule has 0 atom stereocenters. The predicted octanol–water partition coefficient (Wildman–Crippen LogP) is -0.325. The van der Waals surface area contributed by atoms with E-state index in [1.54, 1.807) is 4.90 Å². The topological polar surface area (TPSA) is 129 Å². The lowest BCUT2D eigenvalue weighted by atomic mass is 10.1. The van der Waals surface area contributed by atoms with Crippen molar-refractivity contribution < 1.29 is 24.3 Å². The van der Waals surface area contributed by atoms with Crippen LogP contribution >= 0.6 is 0 Å². The van der Waals surface area contributed by atoms with E-state index in [1.165, 1.54) is 0 Å². The number of aromatic nitrogens is 2. The van der Waals surface area contributed by atoms with Gasteiger partial charge in [0.2, 0.25) is 0 Å². The maximum atomic E-state index is 9.10. The molecule has 0 bridgehead atoms. The Bertz CT molecular complexity index is 667. The number of carboxylic acids is 2. The molecule has 24 heavy (non-hydrogen) atoms. The molecule has 0 unspecified atom stereocenters. The van der Waals surface area contributed by atoms with Crippen molar-refractivity contribution in [1.82, 2.24) is 15.5 Å². The number of carbonyl (C=O) groups is 2. The molecule has 0 saturated heterocycles. The first-order chi connectivity index (χ1) is 11.5. The Balaban J connectivity index is 0.000000413. The second kappa shape index (κ2) is 9.66. The van der Waals surface area contributed by atoms with Gasteiger partial charge in [-0.05, 0) is 18.1 Å². The zero-order valence-corrected chi connectivity index (χ0v) is 12.7. The van der Waals surface area contributed by atoms with E-state index in [1.807, 2.05) is 0 Å². The fraction of sp³-hybridized carbons (Fsp3) is 0.333. The summed E-state index contributed by atoms with van der Waals surface area (Å²) in [5.74, 6) is 2.36. The summed E-state index contributed by atoms with van der Waals surface area (Å²) in [7, 11) is 0. The number of rotatable bonds is 4. The highest BCUT2D eigenvalue weighted by molar-refractivity contribution is 6.27. The Hall–Kier alpha value is -3.30. The smallest absolute Gasteiger partial charge is 0.414 e. The van der Waals surface area contributed by atoms with Crippen LogP contribution in [0, 0.1) is 24.7 Å². The minimum absolute atomic E-state index is 0.362. The van der Waals surface area contributed by atoms with Crippen molar-refractivity contribution >= 4 is 23.5 Å². The Kier molecular flexibility index (Phi) is 7.55. The monoisotopic (exact) mass is 332 g/mol. The molecule has 0 aliphatic carbocycles. The van der Waals surface area contributed by atoms with Gasteiger partial charge in [-0.3, -0.25) is 0 Å². The Morgan fingerprint density at radius 3 is 2.38 bits per heavy atom. The molecule has 126 valence electrons.